The molecular formula is C12H23O6PS2. The maximum atomic E-state index is 11.5. The molecule has 0 aromatic carbocycles. The molecule has 21 heavy (non-hydrogen) atoms. The third-order valence-corrected chi connectivity index (χ3v) is 5.38. The molecule has 0 aromatic heterocycles. The van der Waals surface area contributed by atoms with Gasteiger partial charge in [-0.1, -0.05) is 51.2 Å². The van der Waals surface area contributed by atoms with Crippen LogP contribution in [-0.4, -0.2) is 39.8 Å². The predicted octanol–water partition coefficient (Wildman–Crippen LogP) is 2.95. The van der Waals surface area contributed by atoms with E-state index in [0.717, 1.165) is 23.5 Å². The van der Waals surface area contributed by atoms with Crippen LogP contribution >= 0.6 is 31.3 Å². The van der Waals surface area contributed by atoms with Gasteiger partial charge in [0, 0.05) is 23.3 Å². The number of hydrogen-bond acceptors (Lipinski definition) is 7. The third kappa shape index (κ3) is 11.4. The highest BCUT2D eigenvalue weighted by Gasteiger charge is 2.21. The Kier molecular flexibility index (Phi) is 10.9. The van der Waals surface area contributed by atoms with Crippen LogP contribution in [0.5, 0.6) is 0 Å². The highest BCUT2D eigenvalue weighted by Crippen LogP contribution is 2.43. The van der Waals surface area contributed by atoms with Gasteiger partial charge < -0.3 is 4.89 Å². The van der Waals surface area contributed by atoms with Crippen molar-refractivity contribution in [2.24, 2.45) is 11.8 Å². The smallest absolute Gasteiger partial charge is 0.302 e. The number of phosphoric acid groups is 1. The lowest BCUT2D eigenvalue weighted by Gasteiger charge is -2.12. The summed E-state index contributed by atoms with van der Waals surface area (Å²) in [5.74, 6) is 0.433. The average Bonchev–Trinajstić information content (AvgIpc) is 2.38. The summed E-state index contributed by atoms with van der Waals surface area (Å²) in [6.45, 7) is 7.04. The Labute approximate surface area is 134 Å². The Hall–Kier alpha value is 0.150. The van der Waals surface area contributed by atoms with Crippen LogP contribution in [0.4, 0.5) is 0 Å². The van der Waals surface area contributed by atoms with E-state index >= 15 is 0 Å². The van der Waals surface area contributed by atoms with Crippen LogP contribution in [0.3, 0.4) is 0 Å². The van der Waals surface area contributed by atoms with E-state index in [0.29, 0.717) is 11.5 Å². The molecule has 0 aliphatic carbocycles. The van der Waals surface area contributed by atoms with Crippen molar-refractivity contribution in [2.75, 3.05) is 24.7 Å². The molecule has 0 amide bonds. The topological polar surface area (TPSA) is 89.9 Å². The summed E-state index contributed by atoms with van der Waals surface area (Å²) in [6.07, 6.45) is 0. The minimum Gasteiger partial charge on any atom is -0.302 e. The van der Waals surface area contributed by atoms with E-state index in [4.69, 9.17) is 9.05 Å². The van der Waals surface area contributed by atoms with E-state index in [1.54, 1.807) is 27.7 Å². The Bertz CT molecular complexity index is 354. The first-order valence-corrected chi connectivity index (χ1v) is 10.1. The molecule has 0 saturated carbocycles. The lowest BCUT2D eigenvalue weighted by atomic mass is 10.3. The third-order valence-electron chi connectivity index (χ3n) is 2.11. The van der Waals surface area contributed by atoms with Crippen molar-refractivity contribution in [3.8, 4) is 0 Å². The van der Waals surface area contributed by atoms with Crippen LogP contribution in [-0.2, 0) is 23.2 Å². The van der Waals surface area contributed by atoms with Gasteiger partial charge in [0.2, 0.25) is 0 Å². The van der Waals surface area contributed by atoms with E-state index in [-0.39, 0.29) is 35.3 Å². The van der Waals surface area contributed by atoms with Gasteiger partial charge in [-0.15, -0.1) is 0 Å². The molecule has 0 radical (unpaired) electrons. The summed E-state index contributed by atoms with van der Waals surface area (Å²) in [4.78, 5) is 32.0. The molecule has 0 atom stereocenters. The Balaban J connectivity index is 3.77. The molecule has 0 heterocycles. The molecule has 0 unspecified atom stereocenters. The second-order valence-electron chi connectivity index (χ2n) is 4.78. The summed E-state index contributed by atoms with van der Waals surface area (Å²) in [6, 6.07) is 0. The van der Waals surface area contributed by atoms with Crippen molar-refractivity contribution >= 4 is 41.6 Å². The van der Waals surface area contributed by atoms with Crippen molar-refractivity contribution < 1.29 is 28.1 Å². The molecule has 0 rings (SSSR count). The second-order valence-corrected chi connectivity index (χ2v) is 8.43. The van der Waals surface area contributed by atoms with Crippen LogP contribution < -0.4 is 0 Å². The van der Waals surface area contributed by atoms with Gasteiger partial charge in [0.25, 0.3) is 0 Å². The molecule has 0 aliphatic rings. The molecule has 1 N–H and O–H groups in total. The van der Waals surface area contributed by atoms with Gasteiger partial charge in [0.15, 0.2) is 10.2 Å². The molecule has 0 spiro atoms. The van der Waals surface area contributed by atoms with Gasteiger partial charge in [0.1, 0.15) is 0 Å². The molecule has 0 aromatic rings. The fourth-order valence-corrected chi connectivity index (χ4v) is 3.33. The van der Waals surface area contributed by atoms with Gasteiger partial charge in [-0.25, -0.2) is 4.57 Å². The maximum absolute atomic E-state index is 11.5. The second kappa shape index (κ2) is 10.8. The molecule has 124 valence electrons. The van der Waals surface area contributed by atoms with Crippen molar-refractivity contribution in [3.05, 3.63) is 0 Å². The number of rotatable bonds is 10. The molecule has 0 fully saturated rings. The highest BCUT2D eigenvalue weighted by atomic mass is 32.2. The summed E-state index contributed by atoms with van der Waals surface area (Å²) >= 11 is 2.12. The van der Waals surface area contributed by atoms with Gasteiger partial charge >= 0.3 is 7.82 Å². The van der Waals surface area contributed by atoms with Crippen LogP contribution in [0.15, 0.2) is 0 Å². The van der Waals surface area contributed by atoms with Crippen LogP contribution in [0, 0.1) is 11.8 Å². The monoisotopic (exact) mass is 358 g/mol. The lowest BCUT2D eigenvalue weighted by Crippen LogP contribution is -2.07. The van der Waals surface area contributed by atoms with Gasteiger partial charge in [0.05, 0.1) is 13.2 Å². The number of phosphoric ester groups is 1. The summed E-state index contributed by atoms with van der Waals surface area (Å²) in [5, 5.41) is 0.0202. The molecule has 6 nitrogen and oxygen atoms in total. The number of carbonyl (C=O) groups is 2. The van der Waals surface area contributed by atoms with Gasteiger partial charge in [-0.3, -0.25) is 18.6 Å². The first kappa shape index (κ1) is 21.1. The van der Waals surface area contributed by atoms with Gasteiger partial charge in [-0.05, 0) is 0 Å². The van der Waals surface area contributed by atoms with Crippen molar-refractivity contribution in [3.63, 3.8) is 0 Å². The Morgan fingerprint density at radius 1 is 0.952 bits per heavy atom. The molecule has 0 aliphatic heterocycles. The van der Waals surface area contributed by atoms with Crippen LogP contribution in [0.25, 0.3) is 0 Å². The quantitative estimate of drug-likeness (QED) is 0.471. The summed E-state index contributed by atoms with van der Waals surface area (Å²) < 4.78 is 21.0. The lowest BCUT2D eigenvalue weighted by molar-refractivity contribution is -0.114. The van der Waals surface area contributed by atoms with Crippen molar-refractivity contribution in [2.45, 2.75) is 27.7 Å². The zero-order valence-electron chi connectivity index (χ0n) is 12.7. The minimum atomic E-state index is -4.11. The normalized spacial score (nSPS) is 12.1. The first-order valence-electron chi connectivity index (χ1n) is 6.61. The van der Waals surface area contributed by atoms with Gasteiger partial charge in [-0.2, -0.15) is 0 Å². The predicted molar refractivity (Wildman–Crippen MR) is 86.3 cm³/mol. The Morgan fingerprint density at radius 2 is 1.29 bits per heavy atom. The molecule has 0 bridgehead atoms. The van der Waals surface area contributed by atoms with E-state index in [2.05, 4.69) is 0 Å². The average molecular weight is 358 g/mol. The van der Waals surface area contributed by atoms with E-state index in [1.165, 1.54) is 0 Å². The number of thioether (sulfide) groups is 2. The summed E-state index contributed by atoms with van der Waals surface area (Å²) in [7, 11) is -4.11. The molecule has 9 heteroatoms. The molecule has 0 saturated heterocycles. The molecular weight excluding hydrogens is 335 g/mol. The van der Waals surface area contributed by atoms with Crippen LogP contribution in [0.2, 0.25) is 0 Å². The fraction of sp³-hybridized carbons (Fsp3) is 0.833. The first-order chi connectivity index (χ1) is 9.65. The standard InChI is InChI=1S/C12H23O6PS2/c1-9(2)11(13)20-7-5-17-19(15,16)18-6-8-21-12(14)10(3)4/h9-10H,5-8H2,1-4H3,(H,15,16). The van der Waals surface area contributed by atoms with Crippen molar-refractivity contribution in [1.29, 1.82) is 0 Å². The maximum Gasteiger partial charge on any atom is 0.472 e. The van der Waals surface area contributed by atoms with E-state index in [9.17, 15) is 19.0 Å². The SMILES string of the molecule is CC(C)C(=O)SCCOP(=O)(O)OCCSC(=O)C(C)C. The number of hydrogen-bond donors (Lipinski definition) is 1. The largest absolute Gasteiger partial charge is 0.472 e. The zero-order valence-corrected chi connectivity index (χ0v) is 15.3. The minimum absolute atomic E-state index is 0.0101. The zero-order chi connectivity index (χ0) is 16.5. The van der Waals surface area contributed by atoms with Crippen molar-refractivity contribution in [1.82, 2.24) is 0 Å². The fourth-order valence-electron chi connectivity index (χ4n) is 0.960. The van der Waals surface area contributed by atoms with E-state index < -0.39 is 7.82 Å². The Morgan fingerprint density at radius 3 is 1.57 bits per heavy atom. The summed E-state index contributed by atoms with van der Waals surface area (Å²) in [5.41, 5.74) is 0. The van der Waals surface area contributed by atoms with E-state index in [1.807, 2.05) is 0 Å². The van der Waals surface area contributed by atoms with Crippen LogP contribution in [0.1, 0.15) is 27.7 Å². The highest BCUT2D eigenvalue weighted by molar-refractivity contribution is 8.13. The number of carbonyl (C=O) groups excluding carboxylic acids is 2.